The van der Waals surface area contributed by atoms with E-state index in [0.29, 0.717) is 18.1 Å². The summed E-state index contributed by atoms with van der Waals surface area (Å²) in [4.78, 5) is 2.40. The number of nitrogens with one attached hydrogen (secondary N) is 1. The zero-order chi connectivity index (χ0) is 18.2. The van der Waals surface area contributed by atoms with Crippen LogP contribution in [0.3, 0.4) is 0 Å². The lowest BCUT2D eigenvalue weighted by atomic mass is 9.87. The topological polar surface area (TPSA) is 71.9 Å². The quantitative estimate of drug-likeness (QED) is 0.876. The lowest BCUT2D eigenvalue weighted by molar-refractivity contribution is -0.0552. The Bertz CT molecular complexity index is 779. The van der Waals surface area contributed by atoms with E-state index in [9.17, 15) is 0 Å². The lowest BCUT2D eigenvalue weighted by Crippen LogP contribution is -2.43. The van der Waals surface area contributed by atoms with Crippen molar-refractivity contribution in [2.45, 2.75) is 83.0 Å². The molecule has 0 amide bonds. The van der Waals surface area contributed by atoms with Crippen LogP contribution in [0.1, 0.15) is 68.4 Å². The van der Waals surface area contributed by atoms with Gasteiger partial charge in [-0.3, -0.25) is 9.67 Å². The van der Waals surface area contributed by atoms with Gasteiger partial charge in [0.2, 0.25) is 5.95 Å². The molecule has 2 aliphatic carbocycles. The Labute approximate surface area is 160 Å². The van der Waals surface area contributed by atoms with Crippen molar-refractivity contribution in [2.75, 3.05) is 18.0 Å². The summed E-state index contributed by atoms with van der Waals surface area (Å²) in [5, 5.41) is 16.7. The predicted molar refractivity (Wildman–Crippen MR) is 103 cm³/mol. The van der Waals surface area contributed by atoms with E-state index in [1.54, 1.807) is 0 Å². The van der Waals surface area contributed by atoms with Gasteiger partial charge in [0, 0.05) is 31.2 Å². The molecule has 2 aromatic heterocycles. The molecule has 2 aromatic rings. The van der Waals surface area contributed by atoms with E-state index in [2.05, 4.69) is 36.8 Å². The van der Waals surface area contributed by atoms with Crippen molar-refractivity contribution in [3.63, 3.8) is 0 Å². The van der Waals surface area contributed by atoms with Crippen molar-refractivity contribution in [2.24, 2.45) is 0 Å². The number of fused-ring (bicyclic) bond motifs is 1. The molecule has 1 N–H and O–H groups in total. The summed E-state index contributed by atoms with van der Waals surface area (Å²) in [6, 6.07) is 0. The highest BCUT2D eigenvalue weighted by atomic mass is 16.5. The summed E-state index contributed by atoms with van der Waals surface area (Å²) in [6.45, 7) is 5.11. The lowest BCUT2D eigenvalue weighted by Gasteiger charge is -2.37. The Balaban J connectivity index is 1.33. The summed E-state index contributed by atoms with van der Waals surface area (Å²) < 4.78 is 8.63. The molecule has 27 heavy (non-hydrogen) atoms. The number of hydrogen-bond acceptors (Lipinski definition) is 5. The summed E-state index contributed by atoms with van der Waals surface area (Å²) in [5.74, 6) is 2.59. The first-order chi connectivity index (χ1) is 13.3. The van der Waals surface area contributed by atoms with Gasteiger partial charge in [-0.2, -0.15) is 5.10 Å². The highest BCUT2D eigenvalue weighted by Gasteiger charge is 2.31. The maximum atomic E-state index is 6.30. The number of rotatable bonds is 5. The molecule has 146 valence electrons. The van der Waals surface area contributed by atoms with Crippen molar-refractivity contribution in [3.05, 3.63) is 23.3 Å². The molecule has 7 nitrogen and oxygen atoms in total. The van der Waals surface area contributed by atoms with Crippen LogP contribution in [0.15, 0.2) is 6.20 Å². The minimum Gasteiger partial charge on any atom is -0.373 e. The Kier molecular flexibility index (Phi) is 4.63. The summed E-state index contributed by atoms with van der Waals surface area (Å²) in [5.41, 5.74) is 2.63. The first-order valence-electron chi connectivity index (χ1n) is 10.7. The van der Waals surface area contributed by atoms with E-state index in [1.165, 1.54) is 43.4 Å². The second-order valence-corrected chi connectivity index (χ2v) is 8.32. The highest BCUT2D eigenvalue weighted by Crippen LogP contribution is 2.33. The number of anilines is 1. The van der Waals surface area contributed by atoms with E-state index in [1.807, 2.05) is 6.20 Å². The molecule has 1 saturated carbocycles. The Hall–Kier alpha value is -1.89. The van der Waals surface area contributed by atoms with Crippen LogP contribution in [0.2, 0.25) is 0 Å². The molecule has 0 bridgehead atoms. The Morgan fingerprint density at radius 3 is 2.85 bits per heavy atom. The number of H-pyrrole nitrogens is 1. The fraction of sp³-hybridized carbons (Fsp3) is 0.750. The van der Waals surface area contributed by atoms with Gasteiger partial charge in [0.15, 0.2) is 0 Å². The molecule has 0 aromatic carbocycles. The molecule has 2 unspecified atom stereocenters. The maximum Gasteiger partial charge on any atom is 0.227 e. The molecule has 2 atom stereocenters. The molecule has 7 heteroatoms. The average molecular weight is 371 g/mol. The normalized spacial score (nSPS) is 26.0. The minimum absolute atomic E-state index is 0.344. The van der Waals surface area contributed by atoms with Crippen LogP contribution in [-0.4, -0.2) is 50.3 Å². The van der Waals surface area contributed by atoms with Gasteiger partial charge < -0.3 is 9.64 Å². The number of aromatic amines is 1. The second kappa shape index (κ2) is 7.26. The summed E-state index contributed by atoms with van der Waals surface area (Å²) >= 11 is 0. The van der Waals surface area contributed by atoms with E-state index >= 15 is 0 Å². The van der Waals surface area contributed by atoms with Gasteiger partial charge in [-0.05, 0) is 63.9 Å². The van der Waals surface area contributed by atoms with Gasteiger partial charge in [-0.1, -0.05) is 0 Å². The van der Waals surface area contributed by atoms with Crippen LogP contribution in [0.4, 0.5) is 5.95 Å². The van der Waals surface area contributed by atoms with Gasteiger partial charge in [0.25, 0.3) is 0 Å². The molecule has 1 saturated heterocycles. The first-order valence-corrected chi connectivity index (χ1v) is 10.7. The number of aryl methyl sites for hydroxylation is 1. The molecular weight excluding hydrogens is 340 g/mol. The number of ether oxygens (including phenoxy) is 1. The van der Waals surface area contributed by atoms with Gasteiger partial charge in [0.05, 0.1) is 18.4 Å². The van der Waals surface area contributed by atoms with E-state index in [-0.39, 0.29) is 0 Å². The average Bonchev–Trinajstić information content (AvgIpc) is 3.30. The van der Waals surface area contributed by atoms with Gasteiger partial charge in [0.1, 0.15) is 5.82 Å². The van der Waals surface area contributed by atoms with Crippen molar-refractivity contribution in [1.82, 2.24) is 25.0 Å². The zero-order valence-electron chi connectivity index (χ0n) is 16.2. The van der Waals surface area contributed by atoms with Crippen LogP contribution in [0, 0.1) is 0 Å². The number of nitrogens with zero attached hydrogens (tertiary/aromatic N) is 5. The smallest absolute Gasteiger partial charge is 0.227 e. The second-order valence-electron chi connectivity index (χ2n) is 8.32. The van der Waals surface area contributed by atoms with E-state index in [4.69, 9.17) is 4.74 Å². The zero-order valence-corrected chi connectivity index (χ0v) is 16.2. The molecule has 5 rings (SSSR count). The number of hydrogen-bond donors (Lipinski definition) is 1. The van der Waals surface area contributed by atoms with E-state index in [0.717, 1.165) is 50.7 Å². The standard InChI is InChI=1S/C20H30N6O/c1-2-26-19(14-8-9-15-12-21-22-18(15)11-14)23-24-20(26)25-10-4-7-17(13-25)27-16-5-3-6-16/h12,14,16-17H,2-11,13H2,1H3,(H,21,22). The van der Waals surface area contributed by atoms with Crippen molar-refractivity contribution in [1.29, 1.82) is 0 Å². The van der Waals surface area contributed by atoms with Gasteiger partial charge in [-0.15, -0.1) is 10.2 Å². The minimum atomic E-state index is 0.344. The fourth-order valence-electron chi connectivity index (χ4n) is 4.78. The third-order valence-electron chi connectivity index (χ3n) is 6.56. The van der Waals surface area contributed by atoms with Crippen LogP contribution >= 0.6 is 0 Å². The first kappa shape index (κ1) is 17.2. The van der Waals surface area contributed by atoms with Crippen LogP contribution in [0.25, 0.3) is 0 Å². The summed E-state index contributed by atoms with van der Waals surface area (Å²) in [7, 11) is 0. The van der Waals surface area contributed by atoms with Gasteiger partial charge in [-0.25, -0.2) is 0 Å². The van der Waals surface area contributed by atoms with Crippen molar-refractivity contribution >= 4 is 5.95 Å². The Morgan fingerprint density at radius 1 is 1.15 bits per heavy atom. The molecule has 2 fully saturated rings. The molecule has 0 radical (unpaired) electrons. The molecule has 3 heterocycles. The SMILES string of the molecule is CCn1c(C2CCc3cn[nH]c3C2)nnc1N1CCCC(OC2CCC2)C1. The third-order valence-corrected chi connectivity index (χ3v) is 6.56. The Morgan fingerprint density at radius 2 is 2.04 bits per heavy atom. The van der Waals surface area contributed by atoms with E-state index < -0.39 is 0 Å². The van der Waals surface area contributed by atoms with Gasteiger partial charge >= 0.3 is 0 Å². The monoisotopic (exact) mass is 370 g/mol. The predicted octanol–water partition coefficient (Wildman–Crippen LogP) is 2.83. The number of aromatic nitrogens is 5. The van der Waals surface area contributed by atoms with Crippen molar-refractivity contribution in [3.8, 4) is 0 Å². The molecular formula is C20H30N6O. The van der Waals surface area contributed by atoms with Crippen molar-refractivity contribution < 1.29 is 4.74 Å². The van der Waals surface area contributed by atoms with Crippen LogP contribution < -0.4 is 4.90 Å². The fourth-order valence-corrected chi connectivity index (χ4v) is 4.78. The summed E-state index contributed by atoms with van der Waals surface area (Å²) in [6.07, 6.45) is 12.1. The molecule has 0 spiro atoms. The van der Waals surface area contributed by atoms with Crippen LogP contribution in [0.5, 0.6) is 0 Å². The van der Waals surface area contributed by atoms with Crippen LogP contribution in [-0.2, 0) is 24.1 Å². The maximum absolute atomic E-state index is 6.30. The highest BCUT2D eigenvalue weighted by molar-refractivity contribution is 5.34. The third kappa shape index (κ3) is 3.26. The number of piperidine rings is 1. The molecule has 3 aliphatic rings. The largest absolute Gasteiger partial charge is 0.373 e. The molecule has 1 aliphatic heterocycles.